The molecule has 1 saturated heterocycles. The van der Waals surface area contributed by atoms with Crippen LogP contribution in [0.4, 0.5) is 4.79 Å². The van der Waals surface area contributed by atoms with Crippen molar-refractivity contribution in [2.24, 2.45) is 0 Å². The van der Waals surface area contributed by atoms with Crippen molar-refractivity contribution < 1.29 is 19.8 Å². The van der Waals surface area contributed by atoms with Crippen molar-refractivity contribution in [1.29, 1.82) is 0 Å². The lowest BCUT2D eigenvalue weighted by Crippen LogP contribution is -2.56. The molecule has 0 aromatic heterocycles. The molecule has 1 aliphatic heterocycles. The van der Waals surface area contributed by atoms with E-state index < -0.39 is 18.0 Å². The van der Waals surface area contributed by atoms with Crippen molar-refractivity contribution in [2.45, 2.75) is 31.9 Å². The molecule has 1 fully saturated rings. The number of carboxylic acids is 1. The monoisotopic (exact) mass is 273 g/mol. The van der Waals surface area contributed by atoms with Crippen LogP contribution in [0.25, 0.3) is 0 Å². The van der Waals surface area contributed by atoms with Gasteiger partial charge in [-0.2, -0.15) is 0 Å². The van der Waals surface area contributed by atoms with E-state index in [1.54, 1.807) is 4.90 Å². The van der Waals surface area contributed by atoms with Crippen LogP contribution in [0.5, 0.6) is 0 Å². The molecule has 0 spiro atoms. The van der Waals surface area contributed by atoms with E-state index in [2.05, 4.69) is 10.2 Å². The number of piperazine rings is 1. The number of aliphatic hydroxyl groups is 1. The van der Waals surface area contributed by atoms with E-state index in [1.807, 2.05) is 14.0 Å². The number of carbonyl (C=O) groups is 2. The van der Waals surface area contributed by atoms with Crippen LogP contribution < -0.4 is 5.32 Å². The number of likely N-dealkylation sites (N-methyl/N-ethyl adjacent to an activating group) is 1. The summed E-state index contributed by atoms with van der Waals surface area (Å²) in [6.45, 7) is 5.43. The van der Waals surface area contributed by atoms with Crippen LogP contribution in [-0.2, 0) is 4.79 Å². The van der Waals surface area contributed by atoms with Gasteiger partial charge in [-0.25, -0.2) is 4.79 Å². The van der Waals surface area contributed by atoms with Crippen molar-refractivity contribution >= 4 is 12.0 Å². The van der Waals surface area contributed by atoms with Crippen LogP contribution >= 0.6 is 0 Å². The Morgan fingerprint density at radius 2 is 2.05 bits per heavy atom. The molecule has 110 valence electrons. The van der Waals surface area contributed by atoms with Gasteiger partial charge in [0, 0.05) is 32.2 Å². The molecule has 7 nitrogen and oxygen atoms in total. The molecule has 0 aliphatic carbocycles. The Morgan fingerprint density at radius 1 is 1.42 bits per heavy atom. The number of nitrogens with zero attached hydrogens (tertiary/aromatic N) is 2. The zero-order valence-electron chi connectivity index (χ0n) is 11.7. The summed E-state index contributed by atoms with van der Waals surface area (Å²) in [6.07, 6.45) is -0.396. The fourth-order valence-corrected chi connectivity index (χ4v) is 2.00. The van der Waals surface area contributed by atoms with Crippen LogP contribution in [0.3, 0.4) is 0 Å². The fraction of sp³-hybridized carbons (Fsp3) is 0.833. The van der Waals surface area contributed by atoms with Gasteiger partial charge in [0.05, 0.1) is 12.0 Å². The minimum absolute atomic E-state index is 0.0706. The molecule has 2 amide bonds. The van der Waals surface area contributed by atoms with Gasteiger partial charge in [0.25, 0.3) is 0 Å². The Bertz CT molecular complexity index is 346. The maximum absolute atomic E-state index is 11.9. The molecular formula is C12H23N3O4. The SMILES string of the molecule is CC1CN(C(=O)NCC(C)(O)CC(=O)O)CCN1C. The lowest BCUT2D eigenvalue weighted by Gasteiger charge is -2.38. The van der Waals surface area contributed by atoms with Gasteiger partial charge < -0.3 is 25.3 Å². The van der Waals surface area contributed by atoms with E-state index in [-0.39, 0.29) is 12.6 Å². The van der Waals surface area contributed by atoms with Gasteiger partial charge in [0.2, 0.25) is 0 Å². The highest BCUT2D eigenvalue weighted by molar-refractivity contribution is 5.74. The first-order chi connectivity index (χ1) is 8.71. The molecular weight excluding hydrogens is 250 g/mol. The summed E-state index contributed by atoms with van der Waals surface area (Å²) in [6, 6.07) is 0.0321. The number of carbonyl (C=O) groups excluding carboxylic acids is 1. The van der Waals surface area contributed by atoms with Crippen molar-refractivity contribution in [2.75, 3.05) is 33.2 Å². The summed E-state index contributed by atoms with van der Waals surface area (Å²) in [4.78, 5) is 26.3. The molecule has 0 bridgehead atoms. The van der Waals surface area contributed by atoms with Crippen LogP contribution in [0.2, 0.25) is 0 Å². The molecule has 2 atom stereocenters. The number of amides is 2. The summed E-state index contributed by atoms with van der Waals surface area (Å²) in [5.74, 6) is -1.09. The number of hydrogen-bond acceptors (Lipinski definition) is 4. The van der Waals surface area contributed by atoms with Gasteiger partial charge in [-0.05, 0) is 20.9 Å². The highest BCUT2D eigenvalue weighted by atomic mass is 16.4. The molecule has 7 heteroatoms. The average molecular weight is 273 g/mol. The van der Waals surface area contributed by atoms with Gasteiger partial charge in [0.1, 0.15) is 0 Å². The number of rotatable bonds is 4. The third kappa shape index (κ3) is 5.04. The average Bonchev–Trinajstić information content (AvgIpc) is 2.28. The minimum Gasteiger partial charge on any atom is -0.481 e. The summed E-state index contributed by atoms with van der Waals surface area (Å²) < 4.78 is 0. The smallest absolute Gasteiger partial charge is 0.317 e. The van der Waals surface area contributed by atoms with E-state index in [1.165, 1.54) is 6.92 Å². The first kappa shape index (κ1) is 15.7. The van der Waals surface area contributed by atoms with E-state index in [0.29, 0.717) is 19.1 Å². The molecule has 2 unspecified atom stereocenters. The van der Waals surface area contributed by atoms with Crippen LogP contribution in [0.15, 0.2) is 0 Å². The third-order valence-corrected chi connectivity index (χ3v) is 3.40. The summed E-state index contributed by atoms with van der Waals surface area (Å²) in [7, 11) is 2.01. The second-order valence-electron chi connectivity index (χ2n) is 5.50. The summed E-state index contributed by atoms with van der Waals surface area (Å²) in [5.41, 5.74) is -1.43. The first-order valence-corrected chi connectivity index (χ1v) is 6.38. The predicted molar refractivity (Wildman–Crippen MR) is 69.9 cm³/mol. The fourth-order valence-electron chi connectivity index (χ4n) is 2.00. The molecule has 19 heavy (non-hydrogen) atoms. The Kier molecular flexibility index (Phi) is 5.13. The molecule has 0 radical (unpaired) electrons. The molecule has 0 aromatic carbocycles. The molecule has 0 saturated carbocycles. The Labute approximate surface area is 113 Å². The number of hydrogen-bond donors (Lipinski definition) is 3. The van der Waals surface area contributed by atoms with Crippen molar-refractivity contribution in [3.63, 3.8) is 0 Å². The Morgan fingerprint density at radius 3 is 2.58 bits per heavy atom. The third-order valence-electron chi connectivity index (χ3n) is 3.40. The maximum atomic E-state index is 11.9. The Hall–Kier alpha value is -1.34. The molecule has 1 aliphatic rings. The first-order valence-electron chi connectivity index (χ1n) is 6.38. The number of carboxylic acid groups (broad SMARTS) is 1. The van der Waals surface area contributed by atoms with Gasteiger partial charge in [-0.3, -0.25) is 4.79 Å². The second kappa shape index (κ2) is 6.21. The lowest BCUT2D eigenvalue weighted by molar-refractivity contribution is -0.141. The number of nitrogens with one attached hydrogen (secondary N) is 1. The molecule has 1 rings (SSSR count). The summed E-state index contributed by atoms with van der Waals surface area (Å²) in [5, 5.41) is 21.0. The highest BCUT2D eigenvalue weighted by Crippen LogP contribution is 2.09. The van der Waals surface area contributed by atoms with Gasteiger partial charge in [-0.1, -0.05) is 0 Å². The highest BCUT2D eigenvalue weighted by Gasteiger charge is 2.28. The maximum Gasteiger partial charge on any atom is 0.317 e. The number of aliphatic carboxylic acids is 1. The van der Waals surface area contributed by atoms with E-state index in [0.717, 1.165) is 6.54 Å². The van der Waals surface area contributed by atoms with Crippen molar-refractivity contribution in [3.05, 3.63) is 0 Å². The number of urea groups is 1. The van der Waals surface area contributed by atoms with Crippen molar-refractivity contribution in [1.82, 2.24) is 15.1 Å². The quantitative estimate of drug-likeness (QED) is 0.645. The molecule has 3 N–H and O–H groups in total. The van der Waals surface area contributed by atoms with E-state index in [4.69, 9.17) is 5.11 Å². The van der Waals surface area contributed by atoms with Gasteiger partial charge in [-0.15, -0.1) is 0 Å². The second-order valence-corrected chi connectivity index (χ2v) is 5.50. The van der Waals surface area contributed by atoms with Crippen molar-refractivity contribution in [3.8, 4) is 0 Å². The van der Waals surface area contributed by atoms with E-state index in [9.17, 15) is 14.7 Å². The molecule has 1 heterocycles. The minimum atomic E-state index is -1.43. The van der Waals surface area contributed by atoms with Gasteiger partial charge in [0.15, 0.2) is 0 Å². The van der Waals surface area contributed by atoms with Crippen LogP contribution in [-0.4, -0.2) is 76.9 Å². The lowest BCUT2D eigenvalue weighted by atomic mass is 10.0. The van der Waals surface area contributed by atoms with Crippen LogP contribution in [0, 0.1) is 0 Å². The van der Waals surface area contributed by atoms with Gasteiger partial charge >= 0.3 is 12.0 Å². The summed E-state index contributed by atoms with van der Waals surface area (Å²) >= 11 is 0. The Balaban J connectivity index is 2.41. The largest absolute Gasteiger partial charge is 0.481 e. The molecule has 0 aromatic rings. The zero-order valence-corrected chi connectivity index (χ0v) is 11.7. The van der Waals surface area contributed by atoms with Crippen LogP contribution in [0.1, 0.15) is 20.3 Å². The normalized spacial score (nSPS) is 23.8. The zero-order chi connectivity index (χ0) is 14.6. The predicted octanol–water partition coefficient (Wildman–Crippen LogP) is -0.442. The topological polar surface area (TPSA) is 93.1 Å². The standard InChI is InChI=1S/C12H23N3O4/c1-9-7-15(5-4-14(9)3)11(18)13-8-12(2,19)6-10(16)17/h9,19H,4-8H2,1-3H3,(H,13,18)(H,16,17). The van der Waals surface area contributed by atoms with E-state index >= 15 is 0 Å².